The first-order valence-corrected chi connectivity index (χ1v) is 27.2. The zero-order valence-corrected chi connectivity index (χ0v) is 47.0. The number of halogens is 3. The van der Waals surface area contributed by atoms with Crippen LogP contribution in [0.4, 0.5) is 13.2 Å². The van der Waals surface area contributed by atoms with E-state index in [-0.39, 0.29) is 36.6 Å². The first kappa shape index (κ1) is 61.7. The molecule has 6 rings (SSSR count). The minimum atomic E-state index is -4.57. The molecule has 1 aliphatic heterocycles. The third-order valence-corrected chi connectivity index (χ3v) is 15.8. The molecule has 0 spiro atoms. The number of likely N-dealkylation sites (N-methyl/N-ethyl adjacent to an activating group) is 2. The molecule has 79 heavy (non-hydrogen) atoms. The predicted octanol–water partition coefficient (Wildman–Crippen LogP) is 9.20. The van der Waals surface area contributed by atoms with E-state index in [1.807, 2.05) is 38.8 Å². The van der Waals surface area contributed by atoms with Crippen LogP contribution in [-0.2, 0) is 45.5 Å². The van der Waals surface area contributed by atoms with Crippen molar-refractivity contribution in [3.8, 4) is 0 Å². The van der Waals surface area contributed by atoms with Gasteiger partial charge in [0, 0.05) is 69.2 Å². The third kappa shape index (κ3) is 15.3. The third-order valence-electron chi connectivity index (χ3n) is 15.8. The molecule has 5 aromatic carbocycles. The largest absolute Gasteiger partial charge is 0.464 e. The van der Waals surface area contributed by atoms with Gasteiger partial charge in [0.05, 0.1) is 18.8 Å². The number of benzene rings is 5. The Labute approximate surface area is 461 Å². The fraction of sp³-hybridized carbons (Fsp3) is 0.508. The van der Waals surface area contributed by atoms with Crippen LogP contribution in [0, 0.1) is 23.7 Å². The summed E-state index contributed by atoms with van der Waals surface area (Å²) in [5.41, 5.74) is -1.18. The number of esters is 3. The molecular formula is C61H78F3N5O10. The molecule has 0 saturated heterocycles. The van der Waals surface area contributed by atoms with Gasteiger partial charge in [-0.05, 0) is 122 Å². The lowest BCUT2D eigenvalue weighted by atomic mass is 9.82. The van der Waals surface area contributed by atoms with E-state index in [1.165, 1.54) is 41.5 Å². The van der Waals surface area contributed by atoms with Gasteiger partial charge in [0.2, 0.25) is 11.9 Å². The summed E-state index contributed by atoms with van der Waals surface area (Å²) >= 11 is 0. The number of unbranched alkanes of at least 4 members (excludes halogenated alkanes) is 1. The Morgan fingerprint density at radius 2 is 1.41 bits per heavy atom. The lowest BCUT2D eigenvalue weighted by molar-refractivity contribution is -0.166. The summed E-state index contributed by atoms with van der Waals surface area (Å²) in [5.74, 6) is -3.86. The van der Waals surface area contributed by atoms with Crippen molar-refractivity contribution < 1.29 is 61.6 Å². The van der Waals surface area contributed by atoms with Crippen molar-refractivity contribution >= 4 is 68.8 Å². The molecule has 5 aromatic rings. The number of amides is 2. The van der Waals surface area contributed by atoms with Gasteiger partial charge in [0.25, 0.3) is 5.91 Å². The number of hydrogen-bond donors (Lipinski definition) is 3. The van der Waals surface area contributed by atoms with Crippen LogP contribution in [0.3, 0.4) is 0 Å². The maximum absolute atomic E-state index is 14.2. The number of rotatable bonds is 30. The number of aliphatic imine (C=N–C) groups is 1. The van der Waals surface area contributed by atoms with Gasteiger partial charge in [-0.1, -0.05) is 101 Å². The Morgan fingerprint density at radius 3 is 2.01 bits per heavy atom. The molecule has 11 atom stereocenters. The Bertz CT molecular complexity index is 2910. The Kier molecular flexibility index (Phi) is 21.2. The molecule has 428 valence electrons. The predicted molar refractivity (Wildman–Crippen MR) is 299 cm³/mol. The van der Waals surface area contributed by atoms with E-state index in [4.69, 9.17) is 14.2 Å². The molecule has 0 fully saturated rings. The first-order chi connectivity index (χ1) is 37.4. The van der Waals surface area contributed by atoms with Crippen LogP contribution in [-0.4, -0.2) is 145 Å². The van der Waals surface area contributed by atoms with Gasteiger partial charge in [-0.2, -0.15) is 13.2 Å². The number of aliphatic hydroxyl groups is 2. The zero-order valence-electron chi connectivity index (χ0n) is 47.0. The van der Waals surface area contributed by atoms with Crippen molar-refractivity contribution in [3.63, 3.8) is 0 Å². The summed E-state index contributed by atoms with van der Waals surface area (Å²) < 4.78 is 58.5. The Balaban J connectivity index is 1.09. The number of alkyl halides is 3. The Morgan fingerprint density at radius 1 is 0.772 bits per heavy atom. The van der Waals surface area contributed by atoms with Crippen molar-refractivity contribution in [2.45, 2.75) is 135 Å². The van der Waals surface area contributed by atoms with Gasteiger partial charge in [-0.3, -0.25) is 38.8 Å². The molecule has 1 aliphatic rings. The topological polar surface area (TPSA) is 188 Å². The molecule has 18 heteroatoms. The van der Waals surface area contributed by atoms with E-state index < -0.39 is 89.8 Å². The lowest BCUT2D eigenvalue weighted by Gasteiger charge is -2.35. The summed E-state index contributed by atoms with van der Waals surface area (Å²) in [6, 6.07) is 22.7. The van der Waals surface area contributed by atoms with Gasteiger partial charge < -0.3 is 34.6 Å². The molecule has 0 aliphatic carbocycles. The standard InChI is InChI=1S/C61H78F3N5O10/c1-37(17-28-52(79-58(75)41(5)67(7)8)40(4)56(78-42(6)71)38(2)29-32-68(9)36-70)55(73)39(3)51(72)30-33-77-59(76)50(16-11-12-31-65-57(74)46-22-25-48(26-23-46)60(35-66-60)61(62,63)64)69(10)34-47-21-20-45-19-18-43-14-13-15-44-24-27-49(47)54(45)53(43)44/h13-15,18-27,29,32,35-41,50-52,55-56,72-73H,11-12,16-17,28,30-31,33-34H2,1-10H3,(H,65,74)/b32-29+/t37-,38-,39-,40-,41-,50+,51+,52-,55+,56+,60?/m0/s1. The number of nitrogens with zero attached hydrogens (tertiary/aromatic N) is 4. The van der Waals surface area contributed by atoms with Gasteiger partial charge in [-0.25, -0.2) is 0 Å². The molecule has 2 amide bonds. The molecule has 0 radical (unpaired) electrons. The second-order valence-electron chi connectivity index (χ2n) is 21.8. The van der Waals surface area contributed by atoms with Crippen LogP contribution in [0.15, 0.2) is 96.1 Å². The van der Waals surface area contributed by atoms with Crippen LogP contribution in [0.2, 0.25) is 0 Å². The highest BCUT2D eigenvalue weighted by molar-refractivity contribution is 6.23. The van der Waals surface area contributed by atoms with E-state index in [0.29, 0.717) is 45.1 Å². The minimum Gasteiger partial charge on any atom is -0.464 e. The molecule has 0 aromatic heterocycles. The maximum Gasteiger partial charge on any atom is 0.422 e. The Hall–Kier alpha value is -6.47. The van der Waals surface area contributed by atoms with Gasteiger partial charge >= 0.3 is 24.1 Å². The van der Waals surface area contributed by atoms with E-state index in [0.717, 1.165) is 38.7 Å². The van der Waals surface area contributed by atoms with Gasteiger partial charge in [0.15, 0.2) is 0 Å². The summed E-state index contributed by atoms with van der Waals surface area (Å²) in [7, 11) is 6.96. The van der Waals surface area contributed by atoms with Crippen LogP contribution in [0.5, 0.6) is 0 Å². The summed E-state index contributed by atoms with van der Waals surface area (Å²) in [5, 5.41) is 32.7. The molecule has 1 heterocycles. The monoisotopic (exact) mass is 1100 g/mol. The molecule has 0 bridgehead atoms. The van der Waals surface area contributed by atoms with E-state index in [9.17, 15) is 47.4 Å². The summed E-state index contributed by atoms with van der Waals surface area (Å²) in [6.45, 7) is 10.8. The summed E-state index contributed by atoms with van der Waals surface area (Å²) in [4.78, 5) is 72.6. The fourth-order valence-corrected chi connectivity index (χ4v) is 10.4. The van der Waals surface area contributed by atoms with E-state index in [2.05, 4.69) is 58.8 Å². The molecule has 1 unspecified atom stereocenters. The number of nitrogens with one attached hydrogen (secondary N) is 1. The summed E-state index contributed by atoms with van der Waals surface area (Å²) in [6.07, 6.45) is -1.27. The average molecular weight is 1100 g/mol. The fourth-order valence-electron chi connectivity index (χ4n) is 10.4. The number of aliphatic hydroxyl groups excluding tert-OH is 2. The molecule has 3 N–H and O–H groups in total. The van der Waals surface area contributed by atoms with Gasteiger partial charge in [0.1, 0.15) is 24.3 Å². The highest BCUT2D eigenvalue weighted by Crippen LogP contribution is 2.48. The van der Waals surface area contributed by atoms with Crippen molar-refractivity contribution in [1.82, 2.24) is 20.0 Å². The smallest absolute Gasteiger partial charge is 0.422 e. The SMILES string of the molecule is CC(=O)O[C@@H]([C@@H](C)[C@H](CC[C@H](C)[C@@H](O)[C@@H](C)[C@H](O)CCOC(=O)[C@@H](CCCCNC(=O)c1ccc(C2(C(F)(F)F)C=N2)cc1)N(C)Cc1ccc2ccc3cccc4ccc1c2c34)OC(=O)[C@H](C)N(C)C)[C@@H](C)/C=C/N(C)C=O. The van der Waals surface area contributed by atoms with Crippen molar-refractivity contribution in [2.75, 3.05) is 41.3 Å². The van der Waals surface area contributed by atoms with Crippen LogP contribution in [0.1, 0.15) is 102 Å². The van der Waals surface area contributed by atoms with Gasteiger partial charge in [-0.15, -0.1) is 0 Å². The van der Waals surface area contributed by atoms with Crippen LogP contribution in [0.25, 0.3) is 32.3 Å². The number of hydrogen-bond acceptors (Lipinski definition) is 13. The van der Waals surface area contributed by atoms with Crippen molar-refractivity contribution in [1.29, 1.82) is 0 Å². The first-order valence-electron chi connectivity index (χ1n) is 27.2. The van der Waals surface area contributed by atoms with E-state index >= 15 is 0 Å². The van der Waals surface area contributed by atoms with E-state index in [1.54, 1.807) is 52.2 Å². The number of carbonyl (C=O) groups excluding carboxylic acids is 5. The van der Waals surface area contributed by atoms with Crippen LogP contribution < -0.4 is 5.32 Å². The van der Waals surface area contributed by atoms with Crippen molar-refractivity contribution in [3.05, 3.63) is 108 Å². The van der Waals surface area contributed by atoms with Crippen LogP contribution >= 0.6 is 0 Å². The second kappa shape index (κ2) is 27.1. The lowest BCUT2D eigenvalue weighted by Crippen LogP contribution is -2.43. The average Bonchev–Trinajstić information content (AvgIpc) is 4.49. The zero-order chi connectivity index (χ0) is 57.9. The highest BCUT2D eigenvalue weighted by Gasteiger charge is 2.61. The minimum absolute atomic E-state index is 0.0355. The number of ether oxygens (including phenoxy) is 3. The molecular weight excluding hydrogens is 1020 g/mol. The normalized spacial score (nSPS) is 18.4. The highest BCUT2D eigenvalue weighted by atomic mass is 19.4. The maximum atomic E-state index is 14.2. The number of carbonyl (C=O) groups is 5. The molecule has 15 nitrogen and oxygen atoms in total. The molecule has 0 saturated carbocycles. The quantitative estimate of drug-likeness (QED) is 0.0130. The second-order valence-corrected chi connectivity index (χ2v) is 21.8. The van der Waals surface area contributed by atoms with Crippen molar-refractivity contribution in [2.24, 2.45) is 28.7 Å².